The maximum Gasteiger partial charge on any atom is 0.463 e. The Hall–Kier alpha value is -1.41. The Kier molecular flexibility index (Phi) is 4.36. The topological polar surface area (TPSA) is 49.4 Å². The average Bonchev–Trinajstić information content (AvgIpc) is 2.35. The molecule has 1 fully saturated rings. The molecule has 0 aliphatic carbocycles. The lowest BCUT2D eigenvalue weighted by Gasteiger charge is -2.33. The van der Waals surface area contributed by atoms with Crippen molar-refractivity contribution in [2.24, 2.45) is 5.92 Å². The maximum atomic E-state index is 12.8. The number of rotatable bonds is 2. The molecule has 0 spiro atoms. The van der Waals surface area contributed by atoms with Crippen molar-refractivity contribution in [2.45, 2.75) is 24.9 Å². The van der Waals surface area contributed by atoms with E-state index in [2.05, 4.69) is 5.32 Å². The van der Waals surface area contributed by atoms with Gasteiger partial charge < -0.3 is 10.2 Å². The predicted octanol–water partition coefficient (Wildman–Crippen LogP) is 1.17. The number of hydrogen-bond acceptors (Lipinski definition) is 2. The van der Waals surface area contributed by atoms with Gasteiger partial charge in [0.2, 0.25) is 5.91 Å². The number of carbonyl (C=O) groups is 2. The second-order valence-corrected chi connectivity index (χ2v) is 4.25. The third kappa shape index (κ3) is 3.13. The zero-order valence-electron chi connectivity index (χ0n) is 10.1. The number of nitrogens with zero attached hydrogens (tertiary/aromatic N) is 1. The van der Waals surface area contributed by atoms with Crippen molar-refractivity contribution in [3.05, 3.63) is 0 Å². The normalized spacial score (nSPS) is 18.3. The highest BCUT2D eigenvalue weighted by Crippen LogP contribution is 2.37. The van der Waals surface area contributed by atoms with Gasteiger partial charge in [0.15, 0.2) is 0 Å². The van der Waals surface area contributed by atoms with E-state index in [0.29, 0.717) is 4.90 Å². The van der Waals surface area contributed by atoms with E-state index in [0.717, 1.165) is 0 Å². The van der Waals surface area contributed by atoms with Crippen LogP contribution in [-0.4, -0.2) is 49.0 Å². The summed E-state index contributed by atoms with van der Waals surface area (Å²) in [5.74, 6) is -8.41. The zero-order valence-corrected chi connectivity index (χ0v) is 10.1. The van der Waals surface area contributed by atoms with Crippen LogP contribution in [0.3, 0.4) is 0 Å². The molecule has 0 aromatic rings. The Labute approximate surface area is 105 Å². The molecule has 1 aliphatic rings. The second-order valence-electron chi connectivity index (χ2n) is 4.25. The van der Waals surface area contributed by atoms with Crippen molar-refractivity contribution < 1.29 is 31.5 Å². The molecule has 0 bridgehead atoms. The molecule has 0 aromatic heterocycles. The second kappa shape index (κ2) is 5.30. The lowest BCUT2D eigenvalue weighted by Crippen LogP contribution is -2.54. The molecule has 9 heteroatoms. The predicted molar refractivity (Wildman–Crippen MR) is 54.4 cm³/mol. The highest BCUT2D eigenvalue weighted by atomic mass is 19.4. The summed E-state index contributed by atoms with van der Waals surface area (Å²) in [4.78, 5) is 22.9. The largest absolute Gasteiger partial charge is 0.463 e. The van der Waals surface area contributed by atoms with E-state index in [1.807, 2.05) is 0 Å². The van der Waals surface area contributed by atoms with Gasteiger partial charge in [-0.25, -0.2) is 0 Å². The molecular formula is C10H13F5N2O2. The Balaban J connectivity index is 2.66. The zero-order chi connectivity index (χ0) is 14.8. The number of nitrogens with one attached hydrogen (secondary N) is 1. The molecule has 1 saturated heterocycles. The summed E-state index contributed by atoms with van der Waals surface area (Å²) in [5, 5.41) is 2.36. The lowest BCUT2D eigenvalue weighted by atomic mass is 9.95. The quantitative estimate of drug-likeness (QED) is 0.775. The van der Waals surface area contributed by atoms with Crippen molar-refractivity contribution in [1.82, 2.24) is 10.2 Å². The van der Waals surface area contributed by atoms with E-state index in [1.54, 1.807) is 0 Å². The number of amides is 2. The van der Waals surface area contributed by atoms with E-state index in [9.17, 15) is 31.5 Å². The molecule has 19 heavy (non-hydrogen) atoms. The number of alkyl halides is 5. The molecule has 0 saturated carbocycles. The minimum atomic E-state index is -5.90. The number of likely N-dealkylation sites (tertiary alicyclic amines) is 1. The lowest BCUT2D eigenvalue weighted by molar-refractivity contribution is -0.274. The van der Waals surface area contributed by atoms with Gasteiger partial charge in [-0.2, -0.15) is 22.0 Å². The number of piperidine rings is 1. The first-order valence-corrected chi connectivity index (χ1v) is 5.56. The fourth-order valence-electron chi connectivity index (χ4n) is 1.87. The summed E-state index contributed by atoms with van der Waals surface area (Å²) >= 11 is 0. The molecule has 1 rings (SSSR count). The summed E-state index contributed by atoms with van der Waals surface area (Å²) in [5.41, 5.74) is 0. The SMILES string of the molecule is CNC(=O)C1CCN(C(=O)C(F)(F)C(F)(F)F)CC1. The molecule has 2 amide bonds. The Morgan fingerprint density at radius 1 is 1.11 bits per heavy atom. The smallest absolute Gasteiger partial charge is 0.359 e. The van der Waals surface area contributed by atoms with Crippen molar-refractivity contribution in [3.8, 4) is 0 Å². The first-order chi connectivity index (χ1) is 8.61. The van der Waals surface area contributed by atoms with Crippen LogP contribution in [0.4, 0.5) is 22.0 Å². The number of carbonyl (C=O) groups excluding carboxylic acids is 2. The van der Waals surface area contributed by atoms with Crippen LogP contribution >= 0.6 is 0 Å². The first-order valence-electron chi connectivity index (χ1n) is 5.56. The van der Waals surface area contributed by atoms with Gasteiger partial charge in [0, 0.05) is 26.1 Å². The Morgan fingerprint density at radius 3 is 1.95 bits per heavy atom. The van der Waals surface area contributed by atoms with Crippen LogP contribution in [0.1, 0.15) is 12.8 Å². The van der Waals surface area contributed by atoms with E-state index >= 15 is 0 Å². The first kappa shape index (κ1) is 15.6. The van der Waals surface area contributed by atoms with Gasteiger partial charge in [-0.05, 0) is 12.8 Å². The van der Waals surface area contributed by atoms with Crippen LogP contribution in [0.5, 0.6) is 0 Å². The monoisotopic (exact) mass is 288 g/mol. The summed E-state index contributed by atoms with van der Waals surface area (Å²) in [6.07, 6.45) is -5.76. The highest BCUT2D eigenvalue weighted by molar-refractivity contribution is 5.85. The van der Waals surface area contributed by atoms with Crippen molar-refractivity contribution in [1.29, 1.82) is 0 Å². The fourth-order valence-corrected chi connectivity index (χ4v) is 1.87. The van der Waals surface area contributed by atoms with E-state index < -0.39 is 23.9 Å². The van der Waals surface area contributed by atoms with Gasteiger partial charge in [-0.3, -0.25) is 9.59 Å². The average molecular weight is 288 g/mol. The molecular weight excluding hydrogens is 275 g/mol. The van der Waals surface area contributed by atoms with E-state index in [-0.39, 0.29) is 31.8 Å². The molecule has 0 unspecified atom stereocenters. The summed E-state index contributed by atoms with van der Waals surface area (Å²) in [7, 11) is 1.40. The van der Waals surface area contributed by atoms with Crippen LogP contribution in [0.15, 0.2) is 0 Å². The van der Waals surface area contributed by atoms with Crippen LogP contribution < -0.4 is 5.32 Å². The molecule has 0 aromatic carbocycles. The third-order valence-corrected chi connectivity index (χ3v) is 3.02. The minimum absolute atomic E-state index is 0.0688. The molecule has 1 aliphatic heterocycles. The molecule has 4 nitrogen and oxygen atoms in total. The van der Waals surface area contributed by atoms with Gasteiger partial charge in [-0.1, -0.05) is 0 Å². The van der Waals surface area contributed by atoms with Crippen LogP contribution in [-0.2, 0) is 9.59 Å². The summed E-state index contributed by atoms with van der Waals surface area (Å²) in [6, 6.07) is 0. The van der Waals surface area contributed by atoms with Gasteiger partial charge in [-0.15, -0.1) is 0 Å². The van der Waals surface area contributed by atoms with Crippen LogP contribution in [0.2, 0.25) is 0 Å². The van der Waals surface area contributed by atoms with Gasteiger partial charge in [0.05, 0.1) is 0 Å². The van der Waals surface area contributed by atoms with E-state index in [1.165, 1.54) is 7.05 Å². The summed E-state index contributed by atoms with van der Waals surface area (Å²) in [6.45, 7) is -0.578. The molecule has 110 valence electrons. The minimum Gasteiger partial charge on any atom is -0.359 e. The van der Waals surface area contributed by atoms with Crippen LogP contribution in [0, 0.1) is 5.92 Å². The maximum absolute atomic E-state index is 12.8. The number of hydrogen-bond donors (Lipinski definition) is 1. The Morgan fingerprint density at radius 2 is 1.58 bits per heavy atom. The fraction of sp³-hybridized carbons (Fsp3) is 0.800. The number of halogens is 5. The molecule has 0 atom stereocenters. The Bertz CT molecular complexity index is 361. The van der Waals surface area contributed by atoms with Gasteiger partial charge >= 0.3 is 18.0 Å². The molecule has 1 N–H and O–H groups in total. The highest BCUT2D eigenvalue weighted by Gasteiger charge is 2.64. The third-order valence-electron chi connectivity index (χ3n) is 3.02. The standard InChI is InChI=1S/C10H13F5N2O2/c1-16-7(18)6-2-4-17(5-3-6)8(19)9(11,12)10(13,14)15/h6H,2-5H2,1H3,(H,16,18). The van der Waals surface area contributed by atoms with E-state index in [4.69, 9.17) is 0 Å². The van der Waals surface area contributed by atoms with Crippen molar-refractivity contribution in [3.63, 3.8) is 0 Å². The summed E-state index contributed by atoms with van der Waals surface area (Å²) < 4.78 is 61.8. The van der Waals surface area contributed by atoms with Gasteiger partial charge in [0.25, 0.3) is 0 Å². The van der Waals surface area contributed by atoms with Gasteiger partial charge in [0.1, 0.15) is 0 Å². The van der Waals surface area contributed by atoms with Crippen molar-refractivity contribution in [2.75, 3.05) is 20.1 Å². The molecule has 1 heterocycles. The van der Waals surface area contributed by atoms with Crippen LogP contribution in [0.25, 0.3) is 0 Å². The molecule has 0 radical (unpaired) electrons. The van der Waals surface area contributed by atoms with Crippen molar-refractivity contribution >= 4 is 11.8 Å².